The van der Waals surface area contributed by atoms with Gasteiger partial charge in [-0.15, -0.1) is 0 Å². The molecule has 1 heterocycles. The third kappa shape index (κ3) is 1.40. The van der Waals surface area contributed by atoms with Crippen LogP contribution in [0, 0.1) is 0 Å². The molecule has 0 bridgehead atoms. The fourth-order valence-electron chi connectivity index (χ4n) is 1.42. The van der Waals surface area contributed by atoms with Crippen LogP contribution >= 0.6 is 15.9 Å². The Labute approximate surface area is 84.1 Å². The number of fused-ring (bicyclic) bond motifs is 1. The highest BCUT2D eigenvalue weighted by Crippen LogP contribution is 2.22. The molecular formula is C10H8BrNO. The Morgan fingerprint density at radius 2 is 2.23 bits per heavy atom. The number of aromatic nitrogens is 1. The summed E-state index contributed by atoms with van der Waals surface area (Å²) < 4.78 is 0.899. The Kier molecular flexibility index (Phi) is 1.96. The number of nitrogens with one attached hydrogen (secondary N) is 1. The van der Waals surface area contributed by atoms with E-state index in [1.165, 1.54) is 0 Å². The topological polar surface area (TPSA) is 32.9 Å². The lowest BCUT2D eigenvalue weighted by Crippen LogP contribution is -1.92. The number of halogens is 1. The van der Waals surface area contributed by atoms with Gasteiger partial charge in [0, 0.05) is 10.9 Å². The third-order valence-corrected chi connectivity index (χ3v) is 2.43. The Bertz CT molecular complexity index is 473. The predicted octanol–water partition coefficient (Wildman–Crippen LogP) is 3.13. The van der Waals surface area contributed by atoms with E-state index < -0.39 is 0 Å². The molecule has 13 heavy (non-hydrogen) atoms. The van der Waals surface area contributed by atoms with Gasteiger partial charge in [-0.3, -0.25) is 4.79 Å². The molecule has 0 aliphatic rings. The SMILES string of the molecule is CC(=O)c1cccc2cc(Br)[nH]c12. The van der Waals surface area contributed by atoms with Crippen LogP contribution in [-0.4, -0.2) is 10.8 Å². The van der Waals surface area contributed by atoms with Crippen LogP contribution in [0.4, 0.5) is 0 Å². The monoisotopic (exact) mass is 237 g/mol. The van der Waals surface area contributed by atoms with Crippen LogP contribution in [0.3, 0.4) is 0 Å². The zero-order chi connectivity index (χ0) is 9.42. The summed E-state index contributed by atoms with van der Waals surface area (Å²) >= 11 is 3.34. The van der Waals surface area contributed by atoms with Gasteiger partial charge in [0.1, 0.15) is 0 Å². The number of carbonyl (C=O) groups excluding carboxylic acids is 1. The Hall–Kier alpha value is -1.09. The molecule has 2 rings (SSSR count). The van der Waals surface area contributed by atoms with Crippen molar-refractivity contribution in [2.24, 2.45) is 0 Å². The minimum absolute atomic E-state index is 0.0833. The molecule has 0 saturated carbocycles. The molecular weight excluding hydrogens is 230 g/mol. The van der Waals surface area contributed by atoms with Gasteiger partial charge >= 0.3 is 0 Å². The van der Waals surface area contributed by atoms with Crippen molar-refractivity contribution >= 4 is 32.6 Å². The van der Waals surface area contributed by atoms with Gasteiger partial charge < -0.3 is 4.98 Å². The average Bonchev–Trinajstić information content (AvgIpc) is 2.43. The van der Waals surface area contributed by atoms with Crippen molar-refractivity contribution in [3.63, 3.8) is 0 Å². The van der Waals surface area contributed by atoms with E-state index in [1.54, 1.807) is 6.92 Å². The van der Waals surface area contributed by atoms with Crippen molar-refractivity contribution in [3.8, 4) is 0 Å². The number of hydrogen-bond donors (Lipinski definition) is 1. The van der Waals surface area contributed by atoms with Crippen LogP contribution in [0.2, 0.25) is 0 Å². The largest absolute Gasteiger partial charge is 0.349 e. The first kappa shape index (κ1) is 8.51. The molecule has 1 N–H and O–H groups in total. The maximum atomic E-state index is 11.2. The average molecular weight is 238 g/mol. The molecule has 0 unspecified atom stereocenters. The highest BCUT2D eigenvalue weighted by atomic mass is 79.9. The van der Waals surface area contributed by atoms with E-state index in [0.29, 0.717) is 0 Å². The van der Waals surface area contributed by atoms with Crippen molar-refractivity contribution in [3.05, 3.63) is 34.4 Å². The molecule has 1 aromatic heterocycles. The van der Waals surface area contributed by atoms with Gasteiger partial charge in [-0.2, -0.15) is 0 Å². The minimum atomic E-state index is 0.0833. The van der Waals surface area contributed by atoms with E-state index in [4.69, 9.17) is 0 Å². The van der Waals surface area contributed by atoms with E-state index in [2.05, 4.69) is 20.9 Å². The number of hydrogen-bond acceptors (Lipinski definition) is 1. The van der Waals surface area contributed by atoms with Crippen LogP contribution in [-0.2, 0) is 0 Å². The van der Waals surface area contributed by atoms with Crippen molar-refractivity contribution in [1.82, 2.24) is 4.98 Å². The molecule has 0 saturated heterocycles. The summed E-state index contributed by atoms with van der Waals surface area (Å²) in [5.41, 5.74) is 1.64. The molecule has 66 valence electrons. The second kappa shape index (κ2) is 3.00. The minimum Gasteiger partial charge on any atom is -0.349 e. The van der Waals surface area contributed by atoms with E-state index in [1.807, 2.05) is 24.3 Å². The quantitative estimate of drug-likeness (QED) is 0.760. The maximum absolute atomic E-state index is 11.2. The fourth-order valence-corrected chi connectivity index (χ4v) is 1.86. The molecule has 0 spiro atoms. The van der Waals surface area contributed by atoms with E-state index in [9.17, 15) is 4.79 Å². The molecule has 0 aliphatic heterocycles. The fraction of sp³-hybridized carbons (Fsp3) is 0.100. The molecule has 0 aliphatic carbocycles. The van der Waals surface area contributed by atoms with Crippen LogP contribution in [0.5, 0.6) is 0 Å². The standard InChI is InChI=1S/C10H8BrNO/c1-6(13)8-4-2-3-7-5-9(11)12-10(7)8/h2-5,12H,1H3. The van der Waals surface area contributed by atoms with Gasteiger partial charge in [-0.25, -0.2) is 0 Å². The smallest absolute Gasteiger partial charge is 0.161 e. The van der Waals surface area contributed by atoms with Gasteiger partial charge in [0.2, 0.25) is 0 Å². The van der Waals surface area contributed by atoms with E-state index >= 15 is 0 Å². The van der Waals surface area contributed by atoms with Gasteiger partial charge in [0.15, 0.2) is 5.78 Å². The Balaban J connectivity index is 2.82. The summed E-state index contributed by atoms with van der Waals surface area (Å²) in [4.78, 5) is 14.3. The van der Waals surface area contributed by atoms with Crippen LogP contribution in [0.15, 0.2) is 28.9 Å². The lowest BCUT2D eigenvalue weighted by Gasteiger charge is -1.96. The van der Waals surface area contributed by atoms with Crippen LogP contribution < -0.4 is 0 Å². The van der Waals surface area contributed by atoms with Gasteiger partial charge in [0.25, 0.3) is 0 Å². The number of Topliss-reactive ketones (excluding diaryl/α,β-unsaturated/α-hetero) is 1. The van der Waals surface area contributed by atoms with Crippen LogP contribution in [0.1, 0.15) is 17.3 Å². The van der Waals surface area contributed by atoms with Gasteiger partial charge in [0.05, 0.1) is 10.1 Å². The Morgan fingerprint density at radius 3 is 2.92 bits per heavy atom. The maximum Gasteiger partial charge on any atom is 0.161 e. The van der Waals surface area contributed by atoms with Crippen molar-refractivity contribution in [1.29, 1.82) is 0 Å². The predicted molar refractivity (Wildman–Crippen MR) is 56.0 cm³/mol. The van der Waals surface area contributed by atoms with Crippen molar-refractivity contribution in [2.45, 2.75) is 6.92 Å². The first-order valence-electron chi connectivity index (χ1n) is 3.96. The second-order valence-electron chi connectivity index (χ2n) is 2.94. The van der Waals surface area contributed by atoms with Gasteiger partial charge in [-0.1, -0.05) is 12.1 Å². The molecule has 0 fully saturated rings. The summed E-state index contributed by atoms with van der Waals surface area (Å²) in [5, 5.41) is 1.06. The molecule has 0 atom stereocenters. The van der Waals surface area contributed by atoms with Crippen LogP contribution in [0.25, 0.3) is 10.9 Å². The Morgan fingerprint density at radius 1 is 1.46 bits per heavy atom. The third-order valence-electron chi connectivity index (χ3n) is 2.00. The van der Waals surface area contributed by atoms with Crippen molar-refractivity contribution in [2.75, 3.05) is 0 Å². The number of aromatic amines is 1. The number of ketones is 1. The summed E-state index contributed by atoms with van der Waals surface area (Å²) in [7, 11) is 0. The van der Waals surface area contributed by atoms with Gasteiger partial charge in [-0.05, 0) is 35.0 Å². The molecule has 2 aromatic rings. The normalized spacial score (nSPS) is 10.6. The summed E-state index contributed by atoms with van der Waals surface area (Å²) in [6.07, 6.45) is 0. The van der Waals surface area contributed by atoms with E-state index in [-0.39, 0.29) is 5.78 Å². The zero-order valence-electron chi connectivity index (χ0n) is 7.10. The molecule has 2 nitrogen and oxygen atoms in total. The van der Waals surface area contributed by atoms with Crippen molar-refractivity contribution < 1.29 is 4.79 Å². The number of benzene rings is 1. The van der Waals surface area contributed by atoms with E-state index in [0.717, 1.165) is 21.1 Å². The number of rotatable bonds is 1. The number of para-hydroxylation sites is 1. The first-order chi connectivity index (χ1) is 6.18. The summed E-state index contributed by atoms with van der Waals surface area (Å²) in [6.45, 7) is 1.57. The second-order valence-corrected chi connectivity index (χ2v) is 3.80. The molecule has 3 heteroatoms. The highest BCUT2D eigenvalue weighted by Gasteiger charge is 2.06. The first-order valence-corrected chi connectivity index (χ1v) is 4.76. The lowest BCUT2D eigenvalue weighted by atomic mass is 10.1. The molecule has 0 radical (unpaired) electrons. The summed E-state index contributed by atoms with van der Waals surface area (Å²) in [6, 6.07) is 7.65. The summed E-state index contributed by atoms with van der Waals surface area (Å²) in [5.74, 6) is 0.0833. The lowest BCUT2D eigenvalue weighted by molar-refractivity contribution is 0.101. The highest BCUT2D eigenvalue weighted by molar-refractivity contribution is 9.10. The molecule has 0 amide bonds. The zero-order valence-corrected chi connectivity index (χ0v) is 8.68. The number of H-pyrrole nitrogens is 1. The molecule has 1 aromatic carbocycles. The number of carbonyl (C=O) groups is 1.